The predicted octanol–water partition coefficient (Wildman–Crippen LogP) is 3.34. The third-order valence-electron chi connectivity index (χ3n) is 5.29. The van der Waals surface area contributed by atoms with Crippen LogP contribution in [0.4, 0.5) is 5.69 Å². The van der Waals surface area contributed by atoms with Crippen molar-refractivity contribution in [2.45, 2.75) is 34.6 Å². The second-order valence-electron chi connectivity index (χ2n) is 6.64. The summed E-state index contributed by atoms with van der Waals surface area (Å²) in [6.45, 7) is 10.5. The zero-order valence-electron chi connectivity index (χ0n) is 16.4. The van der Waals surface area contributed by atoms with Crippen LogP contribution in [0, 0.1) is 34.6 Å². The van der Waals surface area contributed by atoms with E-state index in [0.717, 1.165) is 33.8 Å². The van der Waals surface area contributed by atoms with Gasteiger partial charge in [0.25, 0.3) is 5.91 Å². The molecule has 0 fully saturated rings. The molecule has 3 aromatic heterocycles. The van der Waals surface area contributed by atoms with Crippen LogP contribution in [0.1, 0.15) is 38.3 Å². The van der Waals surface area contributed by atoms with Crippen molar-refractivity contribution < 1.29 is 4.79 Å². The molecule has 1 amide bonds. The summed E-state index contributed by atoms with van der Waals surface area (Å²) < 4.78 is 1.99. The number of pyridine rings is 1. The highest BCUT2D eigenvalue weighted by Crippen LogP contribution is 2.33. The number of amides is 1. The lowest BCUT2D eigenvalue weighted by Crippen LogP contribution is -2.19. The zero-order valence-corrected chi connectivity index (χ0v) is 16.4. The first-order chi connectivity index (χ1) is 12.3. The van der Waals surface area contributed by atoms with Gasteiger partial charge in [-0.1, -0.05) is 0 Å². The van der Waals surface area contributed by atoms with E-state index in [2.05, 4.69) is 43.3 Å². The van der Waals surface area contributed by atoms with Gasteiger partial charge in [-0.15, -0.1) is 0 Å². The molecule has 3 aromatic rings. The molecule has 0 aromatic carbocycles. The van der Waals surface area contributed by atoms with Crippen LogP contribution >= 0.6 is 0 Å². The number of nitrogens with zero attached hydrogens (tertiary/aromatic N) is 3. The minimum atomic E-state index is -0.165. The first-order valence-corrected chi connectivity index (χ1v) is 8.67. The van der Waals surface area contributed by atoms with E-state index in [9.17, 15) is 4.79 Å². The fourth-order valence-electron chi connectivity index (χ4n) is 3.41. The molecule has 0 saturated heterocycles. The number of rotatable bonds is 3. The molecule has 26 heavy (non-hydrogen) atoms. The third kappa shape index (κ3) is 2.53. The van der Waals surface area contributed by atoms with Gasteiger partial charge in [0.15, 0.2) is 0 Å². The Hall–Kier alpha value is -2.89. The van der Waals surface area contributed by atoms with E-state index in [-0.39, 0.29) is 5.91 Å². The third-order valence-corrected chi connectivity index (χ3v) is 5.29. The molecule has 0 aliphatic carbocycles. The second-order valence-corrected chi connectivity index (χ2v) is 6.64. The number of anilines is 1. The van der Waals surface area contributed by atoms with Crippen molar-refractivity contribution in [1.82, 2.24) is 19.9 Å². The molecule has 6 nitrogen and oxygen atoms in total. The van der Waals surface area contributed by atoms with Crippen molar-refractivity contribution >= 4 is 17.1 Å². The largest absolute Gasteiger partial charge is 0.387 e. The van der Waals surface area contributed by atoms with Gasteiger partial charge in [0, 0.05) is 20.3 Å². The summed E-state index contributed by atoms with van der Waals surface area (Å²) in [5.74, 6) is -0.165. The Morgan fingerprint density at radius 3 is 2.27 bits per heavy atom. The van der Waals surface area contributed by atoms with E-state index in [1.54, 1.807) is 20.3 Å². The molecule has 0 unspecified atom stereocenters. The Labute approximate surface area is 153 Å². The molecule has 0 bridgehead atoms. The second kappa shape index (κ2) is 6.44. The maximum absolute atomic E-state index is 12.0. The molecule has 0 atom stereocenters. The lowest BCUT2D eigenvalue weighted by molar-refractivity contribution is 0.0963. The maximum atomic E-state index is 12.0. The lowest BCUT2D eigenvalue weighted by Gasteiger charge is -2.12. The van der Waals surface area contributed by atoms with Crippen LogP contribution in [0.15, 0.2) is 12.3 Å². The summed E-state index contributed by atoms with van der Waals surface area (Å²) in [6, 6.07) is 1.91. The van der Waals surface area contributed by atoms with Crippen LogP contribution in [0.3, 0.4) is 0 Å². The number of hydrogen-bond donors (Lipinski definition) is 2. The molecule has 0 aliphatic heterocycles. The number of aromatic nitrogens is 3. The summed E-state index contributed by atoms with van der Waals surface area (Å²) in [4.78, 5) is 16.6. The van der Waals surface area contributed by atoms with Gasteiger partial charge in [-0.2, -0.15) is 5.10 Å². The Balaban J connectivity index is 2.33. The minimum Gasteiger partial charge on any atom is -0.387 e. The quantitative estimate of drug-likeness (QED) is 0.759. The van der Waals surface area contributed by atoms with Crippen LogP contribution in [0.2, 0.25) is 0 Å². The van der Waals surface area contributed by atoms with Crippen molar-refractivity contribution in [3.05, 3.63) is 45.8 Å². The van der Waals surface area contributed by atoms with Gasteiger partial charge >= 0.3 is 0 Å². The first kappa shape index (κ1) is 17.9. The number of fused-ring (bicyclic) bond motifs is 1. The SMILES string of the molecule is CNC(=O)c1cnc(-c2c(C)c(C)c3c(C)c(C)c(C)nn23)cc1NC. The van der Waals surface area contributed by atoms with Gasteiger partial charge in [0.2, 0.25) is 0 Å². The van der Waals surface area contributed by atoms with Crippen LogP contribution in [0.5, 0.6) is 0 Å². The highest BCUT2D eigenvalue weighted by Gasteiger charge is 2.21. The number of carbonyl (C=O) groups excluding carboxylic acids is 1. The minimum absolute atomic E-state index is 0.165. The Morgan fingerprint density at radius 1 is 1.00 bits per heavy atom. The average molecular weight is 351 g/mol. The maximum Gasteiger partial charge on any atom is 0.254 e. The first-order valence-electron chi connectivity index (χ1n) is 8.67. The molecule has 3 heterocycles. The monoisotopic (exact) mass is 351 g/mol. The Morgan fingerprint density at radius 2 is 1.65 bits per heavy atom. The fourth-order valence-corrected chi connectivity index (χ4v) is 3.41. The van der Waals surface area contributed by atoms with Crippen molar-refractivity contribution in [2.24, 2.45) is 0 Å². The number of carbonyl (C=O) groups is 1. The van der Waals surface area contributed by atoms with Crippen LogP contribution in [-0.4, -0.2) is 34.6 Å². The number of hydrogen-bond acceptors (Lipinski definition) is 4. The molecule has 0 saturated carbocycles. The summed E-state index contributed by atoms with van der Waals surface area (Å²) in [5.41, 5.74) is 9.94. The van der Waals surface area contributed by atoms with Crippen molar-refractivity contribution in [1.29, 1.82) is 0 Å². The molecule has 0 spiro atoms. The summed E-state index contributed by atoms with van der Waals surface area (Å²) in [7, 11) is 3.41. The Bertz CT molecular complexity index is 1030. The zero-order chi connectivity index (χ0) is 19.2. The standard InChI is InChI=1S/C20H25N5O/c1-10-11(2)18-12(3)13(4)19(25(18)24-14(10)5)17-8-16(21-6)15(9-23-17)20(26)22-7/h8-9H,1-7H3,(H,21,23)(H,22,26). The van der Waals surface area contributed by atoms with Gasteiger partial charge in [-0.05, 0) is 62.9 Å². The van der Waals surface area contributed by atoms with Gasteiger partial charge in [0.05, 0.1) is 33.8 Å². The molecular weight excluding hydrogens is 326 g/mol. The van der Waals surface area contributed by atoms with Gasteiger partial charge < -0.3 is 10.6 Å². The lowest BCUT2D eigenvalue weighted by atomic mass is 10.1. The Kier molecular flexibility index (Phi) is 4.44. The van der Waals surface area contributed by atoms with Crippen molar-refractivity contribution in [2.75, 3.05) is 19.4 Å². The highest BCUT2D eigenvalue weighted by molar-refractivity contribution is 5.99. The molecule has 2 N–H and O–H groups in total. The van der Waals surface area contributed by atoms with Gasteiger partial charge in [0.1, 0.15) is 0 Å². The summed E-state index contributed by atoms with van der Waals surface area (Å²) in [6.07, 6.45) is 1.61. The van der Waals surface area contributed by atoms with E-state index in [1.807, 2.05) is 17.5 Å². The molecule has 136 valence electrons. The van der Waals surface area contributed by atoms with E-state index in [4.69, 9.17) is 5.10 Å². The van der Waals surface area contributed by atoms with Crippen molar-refractivity contribution in [3.63, 3.8) is 0 Å². The van der Waals surface area contributed by atoms with Crippen LogP contribution in [0.25, 0.3) is 16.9 Å². The van der Waals surface area contributed by atoms with E-state index < -0.39 is 0 Å². The smallest absolute Gasteiger partial charge is 0.254 e. The summed E-state index contributed by atoms with van der Waals surface area (Å²) >= 11 is 0. The van der Waals surface area contributed by atoms with Crippen LogP contribution in [-0.2, 0) is 0 Å². The summed E-state index contributed by atoms with van der Waals surface area (Å²) in [5, 5.41) is 10.5. The molecular formula is C20H25N5O. The normalized spacial score (nSPS) is 11.0. The van der Waals surface area contributed by atoms with Crippen LogP contribution < -0.4 is 10.6 Å². The molecule has 3 rings (SSSR count). The van der Waals surface area contributed by atoms with Crippen molar-refractivity contribution in [3.8, 4) is 11.4 Å². The topological polar surface area (TPSA) is 71.3 Å². The van der Waals surface area contributed by atoms with Gasteiger partial charge in [-0.3, -0.25) is 9.78 Å². The van der Waals surface area contributed by atoms with Gasteiger partial charge in [-0.25, -0.2) is 4.52 Å². The fraction of sp³-hybridized carbons (Fsp3) is 0.350. The molecule has 0 radical (unpaired) electrons. The van der Waals surface area contributed by atoms with E-state index in [0.29, 0.717) is 5.56 Å². The predicted molar refractivity (Wildman–Crippen MR) is 105 cm³/mol. The number of aryl methyl sites for hydroxylation is 3. The van der Waals surface area contributed by atoms with E-state index >= 15 is 0 Å². The average Bonchev–Trinajstić information content (AvgIpc) is 2.89. The van der Waals surface area contributed by atoms with E-state index in [1.165, 1.54) is 16.7 Å². The molecule has 0 aliphatic rings. The highest BCUT2D eigenvalue weighted by atomic mass is 16.1. The number of nitrogens with one attached hydrogen (secondary N) is 2. The molecule has 6 heteroatoms.